The van der Waals surface area contributed by atoms with Gasteiger partial charge in [-0.25, -0.2) is 0 Å². The number of allylic oxidation sites excluding steroid dienone is 4. The van der Waals surface area contributed by atoms with Crippen LogP contribution in [-0.4, -0.2) is 6.66 Å². The first kappa shape index (κ1) is 34.0. The Balaban J connectivity index is 1.31. The maximum Gasteiger partial charge on any atom is 0.168 e. The highest BCUT2D eigenvalue weighted by atomic mass is 31.2. The molecule has 2 unspecified atom stereocenters. The van der Waals surface area contributed by atoms with Crippen LogP contribution >= 0.6 is 14.4 Å². The molecule has 0 saturated carbocycles. The van der Waals surface area contributed by atoms with E-state index < -0.39 is 14.4 Å². The van der Waals surface area contributed by atoms with E-state index in [1.807, 2.05) is 0 Å². The van der Waals surface area contributed by atoms with Crippen LogP contribution in [0, 0.1) is 0 Å². The lowest BCUT2D eigenvalue weighted by molar-refractivity contribution is 0.590. The maximum absolute atomic E-state index is 16.1. The first-order valence-electron chi connectivity index (χ1n) is 20.3. The third-order valence-corrected chi connectivity index (χ3v) is 20.5. The molecule has 0 amide bonds. The van der Waals surface area contributed by atoms with Crippen LogP contribution in [0.3, 0.4) is 0 Å². The fraction of sp³-hybridized carbons (Fsp3) is 0.0545. The molecule has 0 fully saturated rings. The highest BCUT2D eigenvalue weighted by Gasteiger charge is 2.52. The van der Waals surface area contributed by atoms with Gasteiger partial charge in [-0.05, 0) is 103 Å². The molecule has 2 aliphatic heterocycles. The maximum atomic E-state index is 16.1. The second kappa shape index (κ2) is 12.7. The normalized spacial score (nSPS) is 18.9. The Bertz CT molecular complexity index is 3260. The van der Waals surface area contributed by atoms with Crippen molar-refractivity contribution < 1.29 is 4.57 Å². The molecule has 12 rings (SSSR count). The smallest absolute Gasteiger partial charge is 0.168 e. The molecule has 2 heterocycles. The Morgan fingerprint density at radius 2 is 1.09 bits per heavy atom. The summed E-state index contributed by atoms with van der Waals surface area (Å²) in [6, 6.07) is 64.9. The summed E-state index contributed by atoms with van der Waals surface area (Å²) in [7, 11) is -5.26. The van der Waals surface area contributed by atoms with E-state index in [-0.39, 0.29) is 0 Å². The van der Waals surface area contributed by atoms with E-state index in [0.717, 1.165) is 39.9 Å². The molecule has 3 heteroatoms. The molecule has 274 valence electrons. The molecular formula is C55H39OP2+. The van der Waals surface area contributed by atoms with Gasteiger partial charge in [-0.3, -0.25) is 0 Å². The van der Waals surface area contributed by atoms with Crippen LogP contribution in [0.2, 0.25) is 0 Å². The minimum atomic E-state index is -3.12. The lowest BCUT2D eigenvalue weighted by Gasteiger charge is -2.24. The molecular weight excluding hydrogens is 739 g/mol. The van der Waals surface area contributed by atoms with Gasteiger partial charge in [-0.2, -0.15) is 0 Å². The van der Waals surface area contributed by atoms with Gasteiger partial charge in [0.25, 0.3) is 0 Å². The van der Waals surface area contributed by atoms with Crippen LogP contribution in [0.1, 0.15) is 12.8 Å². The minimum absolute atomic E-state index is 0.809. The summed E-state index contributed by atoms with van der Waals surface area (Å²) in [6.07, 6.45) is 8.16. The molecule has 1 nitrogen and oxygen atoms in total. The number of benzene rings is 9. The molecule has 9 aromatic rings. The highest BCUT2D eigenvalue weighted by molar-refractivity contribution is 7.96. The van der Waals surface area contributed by atoms with Crippen LogP contribution in [0.15, 0.2) is 199 Å². The van der Waals surface area contributed by atoms with Crippen molar-refractivity contribution in [2.45, 2.75) is 12.8 Å². The average molecular weight is 778 g/mol. The Morgan fingerprint density at radius 3 is 1.78 bits per heavy atom. The van der Waals surface area contributed by atoms with Gasteiger partial charge in [-0.15, -0.1) is 0 Å². The summed E-state index contributed by atoms with van der Waals surface area (Å²) in [5, 5.41) is 14.6. The van der Waals surface area contributed by atoms with Crippen molar-refractivity contribution in [1.82, 2.24) is 0 Å². The van der Waals surface area contributed by atoms with E-state index in [1.165, 1.54) is 81.6 Å². The van der Waals surface area contributed by atoms with Gasteiger partial charge in [0.1, 0.15) is 23.2 Å². The zero-order valence-corrected chi connectivity index (χ0v) is 34.0. The fourth-order valence-electron chi connectivity index (χ4n) is 10.7. The van der Waals surface area contributed by atoms with Crippen molar-refractivity contribution in [2.24, 2.45) is 0 Å². The lowest BCUT2D eigenvalue weighted by Crippen LogP contribution is -2.26. The summed E-state index contributed by atoms with van der Waals surface area (Å²) in [4.78, 5) is 0. The van der Waals surface area contributed by atoms with E-state index >= 15 is 4.57 Å². The predicted octanol–water partition coefficient (Wildman–Crippen LogP) is 12.9. The lowest BCUT2D eigenvalue weighted by atomic mass is 9.82. The van der Waals surface area contributed by atoms with Crippen molar-refractivity contribution in [2.75, 3.05) is 6.66 Å². The molecule has 0 bridgehead atoms. The van der Waals surface area contributed by atoms with Gasteiger partial charge < -0.3 is 4.57 Å². The molecule has 0 aromatic heterocycles. The van der Waals surface area contributed by atoms with Gasteiger partial charge >= 0.3 is 0 Å². The topological polar surface area (TPSA) is 17.1 Å². The second-order valence-electron chi connectivity index (χ2n) is 16.0. The first-order chi connectivity index (χ1) is 28.6. The van der Waals surface area contributed by atoms with Gasteiger partial charge in [0, 0.05) is 32.7 Å². The monoisotopic (exact) mass is 777 g/mol. The summed E-state index contributed by atoms with van der Waals surface area (Å²) < 4.78 is 16.1. The number of hydrogen-bond donors (Lipinski definition) is 0. The molecule has 0 saturated heterocycles. The Morgan fingerprint density at radius 1 is 0.483 bits per heavy atom. The third kappa shape index (κ3) is 4.50. The largest absolute Gasteiger partial charge is 0.309 e. The first-order valence-corrected chi connectivity index (χ1v) is 24.3. The van der Waals surface area contributed by atoms with Crippen molar-refractivity contribution in [3.63, 3.8) is 0 Å². The Kier molecular flexibility index (Phi) is 7.44. The van der Waals surface area contributed by atoms with Crippen LogP contribution in [-0.2, 0) is 4.57 Å². The van der Waals surface area contributed by atoms with Crippen molar-refractivity contribution >= 4 is 73.2 Å². The van der Waals surface area contributed by atoms with E-state index in [9.17, 15) is 0 Å². The fourth-order valence-corrected chi connectivity index (χ4v) is 17.6. The predicted molar refractivity (Wildman–Crippen MR) is 252 cm³/mol. The molecule has 9 aromatic carbocycles. The third-order valence-electron chi connectivity index (χ3n) is 13.2. The Labute approximate surface area is 339 Å². The van der Waals surface area contributed by atoms with Crippen LogP contribution in [0.25, 0.3) is 76.8 Å². The number of fused-ring (bicyclic) bond motifs is 11. The van der Waals surface area contributed by atoms with E-state index in [2.05, 4.69) is 201 Å². The summed E-state index contributed by atoms with van der Waals surface area (Å²) in [6.45, 7) is 2.53. The minimum Gasteiger partial charge on any atom is -0.309 e. The van der Waals surface area contributed by atoms with E-state index in [0.29, 0.717) is 0 Å². The summed E-state index contributed by atoms with van der Waals surface area (Å²) in [5.74, 6) is 0. The highest BCUT2D eigenvalue weighted by Crippen LogP contribution is 2.66. The van der Waals surface area contributed by atoms with Crippen LogP contribution < -0.4 is 26.5 Å². The Hall–Kier alpha value is -6.10. The van der Waals surface area contributed by atoms with Crippen LogP contribution in [0.5, 0.6) is 0 Å². The van der Waals surface area contributed by atoms with Gasteiger partial charge in [0.05, 0.1) is 6.66 Å². The molecule has 0 radical (unpaired) electrons. The molecule has 0 N–H and O–H groups in total. The second-order valence-corrected chi connectivity index (χ2v) is 22.3. The molecule has 2 atom stereocenters. The van der Waals surface area contributed by atoms with E-state index in [1.54, 1.807) is 0 Å². The quantitative estimate of drug-likeness (QED) is 0.128. The average Bonchev–Trinajstić information content (AvgIpc) is 3.72. The summed E-state index contributed by atoms with van der Waals surface area (Å²) in [5.41, 5.74) is 9.84. The van der Waals surface area contributed by atoms with E-state index in [4.69, 9.17) is 0 Å². The van der Waals surface area contributed by atoms with Gasteiger partial charge in [0.15, 0.2) is 7.14 Å². The molecule has 3 aliphatic rings. The number of hydrogen-bond acceptors (Lipinski definition) is 1. The van der Waals surface area contributed by atoms with Crippen molar-refractivity contribution in [3.05, 3.63) is 199 Å². The zero-order valence-electron chi connectivity index (χ0n) is 32.2. The molecule has 1 aliphatic carbocycles. The molecule has 58 heavy (non-hydrogen) atoms. The zero-order chi connectivity index (χ0) is 38.6. The summed E-state index contributed by atoms with van der Waals surface area (Å²) >= 11 is 0. The molecule has 0 spiro atoms. The van der Waals surface area contributed by atoms with Gasteiger partial charge in [-0.1, -0.05) is 164 Å². The van der Waals surface area contributed by atoms with Crippen LogP contribution in [0.4, 0.5) is 0 Å². The standard InChI is InChI=1S/C55H39OP2/c1-57(37-21-7-3-8-22-37)47-31-17-15-29-44(47)54-50(57)35-46(52-41-27-13-11-25-39(41)51(36-19-5-2-6-20-36)40-26-12-14-28-42(40)52)43-33-34-49-53(55(43)54)45-30-16-18-32-48(45)58(49,56)38-23-9-4-10-24-38/h2-9,11-23,25-35H,10,24H2,1H3/q+1. The van der Waals surface area contributed by atoms with Crippen molar-refractivity contribution in [1.29, 1.82) is 0 Å². The van der Waals surface area contributed by atoms with Crippen molar-refractivity contribution in [3.8, 4) is 44.5 Å². The van der Waals surface area contributed by atoms with Gasteiger partial charge in [0.2, 0.25) is 0 Å². The number of rotatable bonds is 4. The SMILES string of the molecule is C[P+]1(c2ccccc2)c2ccccc2-c2c1cc(-c1c3ccccc3c(-c3ccccc3)c3ccccc13)c1ccc3c(c21)-c1ccccc1P3(=O)C1=CC=CCC1.